The normalized spacial score (nSPS) is 20.7. The number of nitrogens with zero attached hydrogens (tertiary/aromatic N) is 1. The number of piperidine rings is 1. The van der Waals surface area contributed by atoms with E-state index in [1.807, 2.05) is 30.3 Å². The lowest BCUT2D eigenvalue weighted by atomic mass is 9.85. The molecule has 2 fully saturated rings. The van der Waals surface area contributed by atoms with Crippen molar-refractivity contribution in [2.75, 3.05) is 20.2 Å². The Morgan fingerprint density at radius 2 is 2.00 bits per heavy atom. The first-order valence-corrected chi connectivity index (χ1v) is 9.70. The second-order valence-corrected chi connectivity index (χ2v) is 7.62. The molecule has 0 spiro atoms. The number of benzene rings is 2. The number of carbonyl (C=O) groups excluding carboxylic acids is 1. The summed E-state index contributed by atoms with van der Waals surface area (Å²) in [7, 11) is 1.61. The molecule has 5 heteroatoms. The van der Waals surface area contributed by atoms with Crippen LogP contribution in [0.2, 0.25) is 0 Å². The lowest BCUT2D eigenvalue weighted by Crippen LogP contribution is -2.47. The molecule has 1 N–H and O–H groups in total. The van der Waals surface area contributed by atoms with Gasteiger partial charge in [0.1, 0.15) is 5.75 Å². The number of fused-ring (bicyclic) bond motifs is 1. The Bertz CT molecular complexity index is 819. The quantitative estimate of drug-likeness (QED) is 0.778. The zero-order valence-corrected chi connectivity index (χ0v) is 16.6. The molecule has 1 aliphatic carbocycles. The second-order valence-electron chi connectivity index (χ2n) is 7.62. The fourth-order valence-corrected chi connectivity index (χ4v) is 4.42. The summed E-state index contributed by atoms with van der Waals surface area (Å²) in [6.45, 7) is 1.98. The van der Waals surface area contributed by atoms with E-state index in [0.29, 0.717) is 11.8 Å². The van der Waals surface area contributed by atoms with Crippen LogP contribution in [0.4, 0.5) is 0 Å². The predicted molar refractivity (Wildman–Crippen MR) is 110 cm³/mol. The predicted octanol–water partition coefficient (Wildman–Crippen LogP) is 4.21. The molecular formula is C22H28ClNO3. The number of ether oxygens (including phenoxy) is 1. The van der Waals surface area contributed by atoms with Gasteiger partial charge >= 0.3 is 0 Å². The van der Waals surface area contributed by atoms with Crippen molar-refractivity contribution in [3.05, 3.63) is 41.5 Å². The topological polar surface area (TPSA) is 49.8 Å². The van der Waals surface area contributed by atoms with Gasteiger partial charge in [-0.2, -0.15) is 0 Å². The van der Waals surface area contributed by atoms with Gasteiger partial charge in [0.05, 0.1) is 13.7 Å². The molecule has 0 radical (unpaired) electrons. The van der Waals surface area contributed by atoms with Gasteiger partial charge in [-0.05, 0) is 55.1 Å². The highest BCUT2D eigenvalue weighted by Gasteiger charge is 2.32. The first-order chi connectivity index (χ1) is 12.7. The fraction of sp³-hybridized carbons (Fsp3) is 0.500. The molecule has 1 saturated carbocycles. The van der Waals surface area contributed by atoms with Crippen LogP contribution in [0.5, 0.6) is 5.75 Å². The number of methoxy groups -OCH3 is 1. The van der Waals surface area contributed by atoms with Crippen molar-refractivity contribution >= 4 is 29.0 Å². The number of halogens is 1. The molecule has 1 unspecified atom stereocenters. The van der Waals surface area contributed by atoms with E-state index in [1.54, 1.807) is 7.11 Å². The van der Waals surface area contributed by atoms with Gasteiger partial charge in [0, 0.05) is 29.6 Å². The smallest absolute Gasteiger partial charge is 0.167 e. The molecule has 0 bridgehead atoms. The lowest BCUT2D eigenvalue weighted by Gasteiger charge is -2.42. The Morgan fingerprint density at radius 3 is 2.67 bits per heavy atom. The zero-order valence-electron chi connectivity index (χ0n) is 15.8. The van der Waals surface area contributed by atoms with Crippen molar-refractivity contribution in [3.63, 3.8) is 0 Å². The van der Waals surface area contributed by atoms with Crippen molar-refractivity contribution in [1.29, 1.82) is 0 Å². The van der Waals surface area contributed by atoms with Crippen LogP contribution in [-0.2, 0) is 6.61 Å². The van der Waals surface area contributed by atoms with Crippen LogP contribution in [0.1, 0.15) is 48.0 Å². The maximum absolute atomic E-state index is 13.1. The highest BCUT2D eigenvalue weighted by atomic mass is 35.5. The molecular weight excluding hydrogens is 362 g/mol. The van der Waals surface area contributed by atoms with E-state index in [4.69, 9.17) is 4.74 Å². The van der Waals surface area contributed by atoms with Gasteiger partial charge < -0.3 is 9.84 Å². The number of hydrogen-bond acceptors (Lipinski definition) is 4. The van der Waals surface area contributed by atoms with Crippen LogP contribution in [0, 0.1) is 5.92 Å². The van der Waals surface area contributed by atoms with Crippen molar-refractivity contribution in [3.8, 4) is 5.75 Å². The second kappa shape index (κ2) is 8.59. The number of carbonyl (C=O) groups is 1. The van der Waals surface area contributed by atoms with E-state index in [-0.39, 0.29) is 30.7 Å². The van der Waals surface area contributed by atoms with Gasteiger partial charge in [0.15, 0.2) is 5.78 Å². The molecule has 1 aliphatic heterocycles. The summed E-state index contributed by atoms with van der Waals surface area (Å²) in [6, 6.07) is 10.4. The molecule has 4 rings (SSSR count). The first kappa shape index (κ1) is 20.1. The third-order valence-electron chi connectivity index (χ3n) is 6.17. The number of aliphatic hydroxyl groups is 1. The van der Waals surface area contributed by atoms with Gasteiger partial charge in [0.2, 0.25) is 0 Å². The summed E-state index contributed by atoms with van der Waals surface area (Å²) >= 11 is 0. The van der Waals surface area contributed by atoms with Crippen molar-refractivity contribution < 1.29 is 14.6 Å². The number of Topliss-reactive ketones (excluding diaryl/α,β-unsaturated/α-hetero) is 1. The van der Waals surface area contributed by atoms with E-state index in [2.05, 4.69) is 4.90 Å². The van der Waals surface area contributed by atoms with Crippen molar-refractivity contribution in [2.24, 2.45) is 5.92 Å². The molecule has 4 nitrogen and oxygen atoms in total. The summed E-state index contributed by atoms with van der Waals surface area (Å²) < 4.78 is 5.34. The Balaban J connectivity index is 0.00000210. The number of likely N-dealkylation sites (tertiary alicyclic amines) is 1. The molecule has 0 amide bonds. The van der Waals surface area contributed by atoms with Gasteiger partial charge in [-0.15, -0.1) is 12.4 Å². The Morgan fingerprint density at radius 1 is 1.19 bits per heavy atom. The molecule has 0 aromatic heterocycles. The standard InChI is InChI=1S/C22H27NO3.ClH/c1-26-21-10-8-15-12-16(7-9-19(15)20(21)14-24)22(25)17-4-3-11-23(13-17)18-5-2-6-18;/h7-10,12,17-18,24H,2-6,11,13-14H2,1H3;1H. The molecule has 1 heterocycles. The molecule has 2 aromatic rings. The summed E-state index contributed by atoms with van der Waals surface area (Å²) in [6.07, 6.45) is 6.03. The van der Waals surface area contributed by atoms with Crippen molar-refractivity contribution in [2.45, 2.75) is 44.8 Å². The summed E-state index contributed by atoms with van der Waals surface area (Å²) in [4.78, 5) is 15.6. The van der Waals surface area contributed by atoms with E-state index in [1.165, 1.54) is 19.3 Å². The van der Waals surface area contributed by atoms with Gasteiger partial charge in [-0.1, -0.05) is 24.6 Å². The Labute approximate surface area is 166 Å². The average molecular weight is 390 g/mol. The first-order valence-electron chi connectivity index (χ1n) is 9.70. The molecule has 2 aliphatic rings. The largest absolute Gasteiger partial charge is 0.496 e. The van der Waals surface area contributed by atoms with E-state index in [0.717, 1.165) is 47.8 Å². The van der Waals surface area contributed by atoms with E-state index in [9.17, 15) is 9.90 Å². The minimum absolute atomic E-state index is 0. The number of rotatable bonds is 5. The van der Waals surface area contributed by atoms with Gasteiger partial charge in [0.25, 0.3) is 0 Å². The third kappa shape index (κ3) is 3.84. The minimum Gasteiger partial charge on any atom is -0.496 e. The van der Waals surface area contributed by atoms with Crippen LogP contribution >= 0.6 is 12.4 Å². The van der Waals surface area contributed by atoms with Crippen molar-refractivity contribution in [1.82, 2.24) is 4.90 Å². The van der Waals surface area contributed by atoms with Crippen LogP contribution in [-0.4, -0.2) is 42.0 Å². The van der Waals surface area contributed by atoms with Crippen LogP contribution < -0.4 is 4.74 Å². The summed E-state index contributed by atoms with van der Waals surface area (Å²) in [5.41, 5.74) is 1.56. The van der Waals surface area contributed by atoms with E-state index >= 15 is 0 Å². The third-order valence-corrected chi connectivity index (χ3v) is 6.17. The highest BCUT2D eigenvalue weighted by Crippen LogP contribution is 2.32. The fourth-order valence-electron chi connectivity index (χ4n) is 4.42. The maximum atomic E-state index is 13.1. The molecule has 1 atom stereocenters. The summed E-state index contributed by atoms with van der Waals surface area (Å²) in [5.74, 6) is 1.05. The zero-order chi connectivity index (χ0) is 18.1. The minimum atomic E-state index is -0.0766. The van der Waals surface area contributed by atoms with Gasteiger partial charge in [-0.3, -0.25) is 9.69 Å². The summed E-state index contributed by atoms with van der Waals surface area (Å²) in [5, 5.41) is 11.6. The molecule has 2 aromatic carbocycles. The molecule has 1 saturated heterocycles. The Hall–Kier alpha value is -1.62. The van der Waals surface area contributed by atoms with Crippen LogP contribution in [0.15, 0.2) is 30.3 Å². The highest BCUT2D eigenvalue weighted by molar-refractivity contribution is 6.02. The SMILES string of the molecule is COc1ccc2cc(C(=O)C3CCCN(C4CCC4)C3)ccc2c1CO.Cl. The number of aliphatic hydroxyl groups excluding tert-OH is 1. The lowest BCUT2D eigenvalue weighted by molar-refractivity contribution is 0.0612. The molecule has 27 heavy (non-hydrogen) atoms. The Kier molecular flexibility index (Phi) is 6.40. The average Bonchev–Trinajstić information content (AvgIpc) is 2.64. The maximum Gasteiger partial charge on any atom is 0.167 e. The molecule has 146 valence electrons. The number of ketones is 1. The number of hydrogen-bond donors (Lipinski definition) is 1. The monoisotopic (exact) mass is 389 g/mol. The van der Waals surface area contributed by atoms with E-state index < -0.39 is 0 Å². The van der Waals surface area contributed by atoms with Crippen LogP contribution in [0.3, 0.4) is 0 Å². The van der Waals surface area contributed by atoms with Gasteiger partial charge in [-0.25, -0.2) is 0 Å². The van der Waals surface area contributed by atoms with Crippen LogP contribution in [0.25, 0.3) is 10.8 Å².